The van der Waals surface area contributed by atoms with Gasteiger partial charge in [0.2, 0.25) is 0 Å². The van der Waals surface area contributed by atoms with Crippen molar-refractivity contribution >= 4 is 11.9 Å². The molecule has 26 heavy (non-hydrogen) atoms. The Morgan fingerprint density at radius 3 is 2.23 bits per heavy atom. The molecule has 1 fully saturated rings. The van der Waals surface area contributed by atoms with E-state index in [-0.39, 0.29) is 18.0 Å². The van der Waals surface area contributed by atoms with E-state index < -0.39 is 0 Å². The minimum Gasteiger partial charge on any atom is -0.493 e. The fraction of sp³-hybridized carbons (Fsp3) is 0.600. The molecule has 0 aliphatic carbocycles. The van der Waals surface area contributed by atoms with Crippen LogP contribution in [0.5, 0.6) is 5.75 Å². The molecule has 1 N–H and O–H groups in total. The van der Waals surface area contributed by atoms with Gasteiger partial charge in [0, 0.05) is 37.8 Å². The Hall–Kier alpha value is -2.24. The summed E-state index contributed by atoms with van der Waals surface area (Å²) < 4.78 is 5.66. The van der Waals surface area contributed by atoms with Crippen LogP contribution in [-0.4, -0.2) is 60.6 Å². The molecule has 1 saturated heterocycles. The van der Waals surface area contributed by atoms with E-state index in [0.29, 0.717) is 44.3 Å². The first-order chi connectivity index (χ1) is 12.4. The van der Waals surface area contributed by atoms with Crippen LogP contribution in [0.15, 0.2) is 24.3 Å². The largest absolute Gasteiger partial charge is 0.493 e. The number of urea groups is 1. The molecule has 0 bridgehead atoms. The van der Waals surface area contributed by atoms with Crippen LogP contribution in [-0.2, 0) is 0 Å². The van der Waals surface area contributed by atoms with Gasteiger partial charge in [-0.1, -0.05) is 13.8 Å². The first-order valence-corrected chi connectivity index (χ1v) is 9.44. The Balaban J connectivity index is 1.92. The summed E-state index contributed by atoms with van der Waals surface area (Å²) in [5, 5.41) is 2.91. The number of hydrogen-bond donors (Lipinski definition) is 1. The highest BCUT2D eigenvalue weighted by Gasteiger charge is 2.23. The van der Waals surface area contributed by atoms with Gasteiger partial charge in [-0.2, -0.15) is 0 Å². The summed E-state index contributed by atoms with van der Waals surface area (Å²) in [5.74, 6) is 1.25. The lowest BCUT2D eigenvalue weighted by atomic mass is 10.2. The fourth-order valence-corrected chi connectivity index (χ4v) is 2.80. The predicted octanol–water partition coefficient (Wildman–Crippen LogP) is 2.99. The van der Waals surface area contributed by atoms with Crippen molar-refractivity contribution in [2.24, 2.45) is 5.92 Å². The third kappa shape index (κ3) is 5.93. The Labute approximate surface area is 156 Å². The van der Waals surface area contributed by atoms with Crippen LogP contribution in [0.1, 0.15) is 44.5 Å². The van der Waals surface area contributed by atoms with E-state index in [2.05, 4.69) is 19.2 Å². The molecule has 1 aromatic rings. The molecule has 0 spiro atoms. The summed E-state index contributed by atoms with van der Waals surface area (Å²) in [6, 6.07) is 7.37. The number of hydrogen-bond acceptors (Lipinski definition) is 3. The molecule has 144 valence electrons. The van der Waals surface area contributed by atoms with Gasteiger partial charge in [0.25, 0.3) is 5.91 Å². The molecule has 3 amide bonds. The molecular weight excluding hydrogens is 330 g/mol. The van der Waals surface area contributed by atoms with Crippen LogP contribution in [0.2, 0.25) is 0 Å². The maximum Gasteiger partial charge on any atom is 0.317 e. The molecule has 6 heteroatoms. The Bertz CT molecular complexity index is 599. The summed E-state index contributed by atoms with van der Waals surface area (Å²) in [6.45, 7) is 11.2. The van der Waals surface area contributed by atoms with Gasteiger partial charge in [0.15, 0.2) is 0 Å². The quantitative estimate of drug-likeness (QED) is 0.877. The van der Waals surface area contributed by atoms with E-state index in [1.165, 1.54) is 0 Å². The third-order valence-corrected chi connectivity index (χ3v) is 4.17. The smallest absolute Gasteiger partial charge is 0.317 e. The molecule has 0 radical (unpaired) electrons. The SMILES string of the molecule is CC(C)COc1ccc(C(=O)N2CCCN(C(=O)NC(C)C)CC2)cc1. The summed E-state index contributed by atoms with van der Waals surface area (Å²) in [4.78, 5) is 28.5. The zero-order valence-corrected chi connectivity index (χ0v) is 16.3. The predicted molar refractivity (Wildman–Crippen MR) is 103 cm³/mol. The second-order valence-corrected chi connectivity index (χ2v) is 7.47. The Morgan fingerprint density at radius 1 is 1.00 bits per heavy atom. The van der Waals surface area contributed by atoms with E-state index >= 15 is 0 Å². The number of nitrogens with zero attached hydrogens (tertiary/aromatic N) is 2. The number of carbonyl (C=O) groups is 2. The molecule has 1 aliphatic rings. The highest BCUT2D eigenvalue weighted by atomic mass is 16.5. The molecule has 1 aliphatic heterocycles. The van der Waals surface area contributed by atoms with Gasteiger partial charge in [-0.25, -0.2) is 4.79 Å². The van der Waals surface area contributed by atoms with Crippen LogP contribution >= 0.6 is 0 Å². The highest BCUT2D eigenvalue weighted by Crippen LogP contribution is 2.16. The number of ether oxygens (including phenoxy) is 1. The van der Waals surface area contributed by atoms with E-state index in [0.717, 1.165) is 12.2 Å². The zero-order valence-electron chi connectivity index (χ0n) is 16.3. The van der Waals surface area contributed by atoms with E-state index in [1.807, 2.05) is 43.0 Å². The first-order valence-electron chi connectivity index (χ1n) is 9.44. The van der Waals surface area contributed by atoms with Gasteiger partial charge in [-0.3, -0.25) is 4.79 Å². The molecule has 0 unspecified atom stereocenters. The van der Waals surface area contributed by atoms with Gasteiger partial charge >= 0.3 is 6.03 Å². The molecule has 1 heterocycles. The van der Waals surface area contributed by atoms with Crippen molar-refractivity contribution in [1.29, 1.82) is 0 Å². The maximum atomic E-state index is 12.8. The van der Waals surface area contributed by atoms with Crippen LogP contribution < -0.4 is 10.1 Å². The normalized spacial score (nSPS) is 15.2. The Kier molecular flexibility index (Phi) is 7.30. The van der Waals surface area contributed by atoms with E-state index in [1.54, 1.807) is 4.90 Å². The van der Waals surface area contributed by atoms with Crippen LogP contribution in [0.3, 0.4) is 0 Å². The second kappa shape index (κ2) is 9.46. The molecule has 1 aromatic carbocycles. The van der Waals surface area contributed by atoms with Crippen LogP contribution in [0.25, 0.3) is 0 Å². The van der Waals surface area contributed by atoms with Crippen LogP contribution in [0, 0.1) is 5.92 Å². The lowest BCUT2D eigenvalue weighted by Crippen LogP contribution is -2.44. The van der Waals surface area contributed by atoms with E-state index in [9.17, 15) is 9.59 Å². The number of carbonyl (C=O) groups excluding carboxylic acids is 2. The third-order valence-electron chi connectivity index (χ3n) is 4.17. The summed E-state index contributed by atoms with van der Waals surface area (Å²) >= 11 is 0. The number of rotatable bonds is 5. The van der Waals surface area contributed by atoms with Gasteiger partial charge < -0.3 is 19.9 Å². The van der Waals surface area contributed by atoms with Gasteiger partial charge in [-0.05, 0) is 50.5 Å². The van der Waals surface area contributed by atoms with Gasteiger partial charge in [0.05, 0.1) is 6.61 Å². The van der Waals surface area contributed by atoms with Crippen LogP contribution in [0.4, 0.5) is 4.79 Å². The Morgan fingerprint density at radius 2 is 1.62 bits per heavy atom. The minimum absolute atomic E-state index is 0.00604. The molecule has 0 atom stereocenters. The highest BCUT2D eigenvalue weighted by molar-refractivity contribution is 5.94. The molecule has 0 aromatic heterocycles. The molecule has 2 rings (SSSR count). The van der Waals surface area contributed by atoms with Crippen molar-refractivity contribution in [3.63, 3.8) is 0 Å². The van der Waals surface area contributed by atoms with Crippen molar-refractivity contribution in [3.8, 4) is 5.75 Å². The molecule has 6 nitrogen and oxygen atoms in total. The number of nitrogens with one attached hydrogen (secondary N) is 1. The summed E-state index contributed by atoms with van der Waals surface area (Å²) in [5.41, 5.74) is 0.655. The average Bonchev–Trinajstić information content (AvgIpc) is 2.85. The summed E-state index contributed by atoms with van der Waals surface area (Å²) in [7, 11) is 0. The number of benzene rings is 1. The topological polar surface area (TPSA) is 61.9 Å². The first kappa shape index (κ1) is 20.1. The molecular formula is C20H31N3O3. The monoisotopic (exact) mass is 361 g/mol. The lowest BCUT2D eigenvalue weighted by Gasteiger charge is -2.23. The van der Waals surface area contributed by atoms with Crippen molar-refractivity contribution < 1.29 is 14.3 Å². The summed E-state index contributed by atoms with van der Waals surface area (Å²) in [6.07, 6.45) is 0.785. The van der Waals surface area contributed by atoms with Crippen molar-refractivity contribution in [2.75, 3.05) is 32.8 Å². The minimum atomic E-state index is -0.0547. The van der Waals surface area contributed by atoms with Crippen molar-refractivity contribution in [1.82, 2.24) is 15.1 Å². The standard InChI is InChI=1S/C20H31N3O3/c1-15(2)14-26-18-8-6-17(7-9-18)19(24)22-10-5-11-23(13-12-22)20(25)21-16(3)4/h6-9,15-16H,5,10-14H2,1-4H3,(H,21,25). The van der Waals surface area contributed by atoms with Crippen molar-refractivity contribution in [2.45, 2.75) is 40.2 Å². The van der Waals surface area contributed by atoms with Gasteiger partial charge in [-0.15, -0.1) is 0 Å². The van der Waals surface area contributed by atoms with Crippen molar-refractivity contribution in [3.05, 3.63) is 29.8 Å². The fourth-order valence-electron chi connectivity index (χ4n) is 2.80. The lowest BCUT2D eigenvalue weighted by molar-refractivity contribution is 0.0762. The zero-order chi connectivity index (χ0) is 19.1. The number of amides is 3. The van der Waals surface area contributed by atoms with Gasteiger partial charge in [0.1, 0.15) is 5.75 Å². The maximum absolute atomic E-state index is 12.8. The second-order valence-electron chi connectivity index (χ2n) is 7.47. The van der Waals surface area contributed by atoms with E-state index in [4.69, 9.17) is 4.74 Å². The molecule has 0 saturated carbocycles. The average molecular weight is 361 g/mol.